The van der Waals surface area contributed by atoms with E-state index in [9.17, 15) is 9.59 Å². The topological polar surface area (TPSA) is 75.4 Å². The predicted octanol–water partition coefficient (Wildman–Crippen LogP) is 0.539. The average Bonchev–Trinajstić information content (AvgIpc) is 2.57. The fraction of sp³-hybridized carbons (Fsp3) is 0.385. The maximum atomic E-state index is 12.3. The molecule has 1 aliphatic rings. The molecule has 1 aromatic carbocycles. The number of carbonyl (C=O) groups excluding carboxylic acids is 2. The first-order valence-corrected chi connectivity index (χ1v) is 6.00. The molecule has 1 fully saturated rings. The molecular formula is C13H17N3O2. The van der Waals surface area contributed by atoms with E-state index in [4.69, 9.17) is 5.73 Å². The highest BCUT2D eigenvalue weighted by Crippen LogP contribution is 2.18. The fourth-order valence-corrected chi connectivity index (χ4v) is 2.01. The lowest BCUT2D eigenvalue weighted by molar-refractivity contribution is -0.120. The molecule has 2 rings (SSSR count). The number of nitrogens with one attached hydrogen (secondary N) is 1. The van der Waals surface area contributed by atoms with Crippen LogP contribution in [-0.2, 0) is 4.79 Å². The first-order chi connectivity index (χ1) is 8.59. The Hall–Kier alpha value is -2.04. The van der Waals surface area contributed by atoms with Crippen LogP contribution in [0.1, 0.15) is 22.3 Å². The van der Waals surface area contributed by atoms with Gasteiger partial charge in [-0.05, 0) is 18.6 Å². The highest BCUT2D eigenvalue weighted by atomic mass is 16.2. The molecular weight excluding hydrogens is 230 g/mol. The molecule has 3 N–H and O–H groups in total. The van der Waals surface area contributed by atoms with Gasteiger partial charge in [-0.25, -0.2) is 0 Å². The number of hydrogen-bond acceptors (Lipinski definition) is 3. The molecule has 5 heteroatoms. The summed E-state index contributed by atoms with van der Waals surface area (Å²) in [5.74, 6) is -0.116. The number of rotatable bonds is 1. The minimum absolute atomic E-state index is 0.0116. The van der Waals surface area contributed by atoms with Gasteiger partial charge in [-0.2, -0.15) is 0 Å². The molecule has 5 nitrogen and oxygen atoms in total. The van der Waals surface area contributed by atoms with Crippen molar-refractivity contribution in [1.29, 1.82) is 0 Å². The van der Waals surface area contributed by atoms with Crippen molar-refractivity contribution < 1.29 is 9.59 Å². The zero-order valence-corrected chi connectivity index (χ0v) is 10.4. The Labute approximate surface area is 106 Å². The van der Waals surface area contributed by atoms with Gasteiger partial charge in [-0.1, -0.05) is 12.1 Å². The minimum atomic E-state index is -0.104. The Morgan fingerprint density at radius 1 is 1.39 bits per heavy atom. The number of nitrogens with two attached hydrogens (primary N) is 1. The van der Waals surface area contributed by atoms with Gasteiger partial charge in [0, 0.05) is 31.7 Å². The third-order valence-corrected chi connectivity index (χ3v) is 3.15. The summed E-state index contributed by atoms with van der Waals surface area (Å²) in [4.78, 5) is 25.2. The molecule has 1 aliphatic heterocycles. The van der Waals surface area contributed by atoms with Gasteiger partial charge in [0.2, 0.25) is 5.91 Å². The summed E-state index contributed by atoms with van der Waals surface area (Å²) in [6, 6.07) is 5.42. The second kappa shape index (κ2) is 5.08. The van der Waals surface area contributed by atoms with Crippen LogP contribution in [0.15, 0.2) is 18.2 Å². The van der Waals surface area contributed by atoms with Crippen molar-refractivity contribution in [3.63, 3.8) is 0 Å². The number of aryl methyl sites for hydroxylation is 1. The van der Waals surface area contributed by atoms with Crippen LogP contribution in [0.2, 0.25) is 0 Å². The lowest BCUT2D eigenvalue weighted by atomic mass is 10.1. The molecule has 1 aromatic rings. The van der Waals surface area contributed by atoms with Gasteiger partial charge in [0.1, 0.15) is 0 Å². The molecule has 1 heterocycles. The molecule has 2 amide bonds. The van der Waals surface area contributed by atoms with Gasteiger partial charge < -0.3 is 16.0 Å². The van der Waals surface area contributed by atoms with Crippen LogP contribution in [0.4, 0.5) is 5.69 Å². The molecule has 0 bridgehead atoms. The van der Waals surface area contributed by atoms with E-state index in [-0.39, 0.29) is 11.8 Å². The summed E-state index contributed by atoms with van der Waals surface area (Å²) in [5, 5.41) is 2.74. The number of carbonyl (C=O) groups is 2. The number of benzene rings is 1. The second-order valence-electron chi connectivity index (χ2n) is 4.43. The highest BCUT2D eigenvalue weighted by Gasteiger charge is 2.21. The zero-order valence-electron chi connectivity index (χ0n) is 10.4. The Kier molecular flexibility index (Phi) is 3.50. The number of nitrogen functional groups attached to an aromatic ring is 1. The third kappa shape index (κ3) is 2.45. The van der Waals surface area contributed by atoms with Gasteiger partial charge >= 0.3 is 0 Å². The Bertz CT molecular complexity index is 485. The van der Waals surface area contributed by atoms with Crippen LogP contribution in [0.25, 0.3) is 0 Å². The molecule has 0 aromatic heterocycles. The quantitative estimate of drug-likeness (QED) is 0.711. The normalized spacial score (nSPS) is 16.1. The number of nitrogens with zero attached hydrogens (tertiary/aromatic N) is 1. The van der Waals surface area contributed by atoms with E-state index in [1.54, 1.807) is 11.0 Å². The van der Waals surface area contributed by atoms with Crippen LogP contribution >= 0.6 is 0 Å². The summed E-state index contributed by atoms with van der Waals surface area (Å²) in [5.41, 5.74) is 7.86. The number of hydrogen-bond donors (Lipinski definition) is 2. The van der Waals surface area contributed by atoms with Crippen molar-refractivity contribution in [2.24, 2.45) is 0 Å². The first kappa shape index (κ1) is 12.4. The number of para-hydroxylation sites is 1. The molecule has 0 radical (unpaired) electrons. The molecule has 1 saturated heterocycles. The molecule has 0 aliphatic carbocycles. The summed E-state index contributed by atoms with van der Waals surface area (Å²) >= 11 is 0. The van der Waals surface area contributed by atoms with Crippen molar-refractivity contribution in [2.75, 3.05) is 25.4 Å². The Morgan fingerprint density at radius 3 is 2.94 bits per heavy atom. The van der Waals surface area contributed by atoms with Crippen molar-refractivity contribution in [1.82, 2.24) is 10.2 Å². The van der Waals surface area contributed by atoms with E-state index >= 15 is 0 Å². The van der Waals surface area contributed by atoms with Gasteiger partial charge in [0.05, 0.1) is 5.56 Å². The van der Waals surface area contributed by atoms with E-state index in [0.717, 1.165) is 5.56 Å². The minimum Gasteiger partial charge on any atom is -0.398 e. The third-order valence-electron chi connectivity index (χ3n) is 3.15. The Balaban J connectivity index is 2.20. The standard InChI is InChI=1S/C13H17N3O2/c1-9-3-2-4-10(12(9)14)13(18)16-7-5-11(17)15-6-8-16/h2-4H,5-8,14H2,1H3,(H,15,17). The molecule has 0 saturated carbocycles. The SMILES string of the molecule is Cc1cccc(C(=O)N2CCNC(=O)CC2)c1N. The number of amides is 2. The van der Waals surface area contributed by atoms with Crippen LogP contribution < -0.4 is 11.1 Å². The summed E-state index contributed by atoms with van der Waals surface area (Å²) in [6.45, 7) is 3.34. The lowest BCUT2D eigenvalue weighted by Crippen LogP contribution is -2.34. The van der Waals surface area contributed by atoms with Gasteiger partial charge in [0.15, 0.2) is 0 Å². The van der Waals surface area contributed by atoms with E-state index < -0.39 is 0 Å². The maximum Gasteiger partial charge on any atom is 0.256 e. The van der Waals surface area contributed by atoms with Crippen molar-refractivity contribution in [2.45, 2.75) is 13.3 Å². The van der Waals surface area contributed by atoms with E-state index in [2.05, 4.69) is 5.32 Å². The van der Waals surface area contributed by atoms with Gasteiger partial charge in [-0.3, -0.25) is 9.59 Å². The zero-order chi connectivity index (χ0) is 13.1. The van der Waals surface area contributed by atoms with Crippen molar-refractivity contribution in [3.8, 4) is 0 Å². The average molecular weight is 247 g/mol. The van der Waals surface area contributed by atoms with E-state index in [1.807, 2.05) is 19.1 Å². The first-order valence-electron chi connectivity index (χ1n) is 6.00. The molecule has 18 heavy (non-hydrogen) atoms. The summed E-state index contributed by atoms with van der Waals surface area (Å²) in [6.07, 6.45) is 0.345. The molecule has 0 unspecified atom stereocenters. The predicted molar refractivity (Wildman–Crippen MR) is 69.1 cm³/mol. The highest BCUT2D eigenvalue weighted by molar-refractivity contribution is 6.00. The molecule has 96 valence electrons. The maximum absolute atomic E-state index is 12.3. The fourth-order valence-electron chi connectivity index (χ4n) is 2.01. The summed E-state index contributed by atoms with van der Waals surface area (Å²) < 4.78 is 0. The van der Waals surface area contributed by atoms with Gasteiger partial charge in [-0.15, -0.1) is 0 Å². The number of anilines is 1. The van der Waals surface area contributed by atoms with Crippen LogP contribution in [-0.4, -0.2) is 36.3 Å². The van der Waals surface area contributed by atoms with Gasteiger partial charge in [0.25, 0.3) is 5.91 Å². The lowest BCUT2D eigenvalue weighted by Gasteiger charge is -2.20. The van der Waals surface area contributed by atoms with Crippen LogP contribution in [0, 0.1) is 6.92 Å². The second-order valence-corrected chi connectivity index (χ2v) is 4.43. The van der Waals surface area contributed by atoms with Crippen LogP contribution in [0.5, 0.6) is 0 Å². The smallest absolute Gasteiger partial charge is 0.256 e. The van der Waals surface area contributed by atoms with Crippen molar-refractivity contribution >= 4 is 17.5 Å². The van der Waals surface area contributed by atoms with Crippen molar-refractivity contribution in [3.05, 3.63) is 29.3 Å². The monoisotopic (exact) mass is 247 g/mol. The van der Waals surface area contributed by atoms with E-state index in [0.29, 0.717) is 37.3 Å². The summed E-state index contributed by atoms with van der Waals surface area (Å²) in [7, 11) is 0. The molecule has 0 spiro atoms. The van der Waals surface area contributed by atoms with Crippen LogP contribution in [0.3, 0.4) is 0 Å². The molecule has 0 atom stereocenters. The largest absolute Gasteiger partial charge is 0.398 e. The Morgan fingerprint density at radius 2 is 2.17 bits per heavy atom. The van der Waals surface area contributed by atoms with E-state index in [1.165, 1.54) is 0 Å².